The van der Waals surface area contributed by atoms with Crippen molar-refractivity contribution in [3.05, 3.63) is 59.4 Å². The number of phenolic OH excluding ortho intramolecular Hbond substituents is 1. The molecule has 0 saturated carbocycles. The van der Waals surface area contributed by atoms with E-state index in [2.05, 4.69) is 10.4 Å². The van der Waals surface area contributed by atoms with Gasteiger partial charge in [0, 0.05) is 19.2 Å². The molecule has 30 heavy (non-hydrogen) atoms. The number of hydrogen-bond donors (Lipinski definition) is 2. The number of carbonyl (C=O) groups excluding carboxylic acids is 1. The van der Waals surface area contributed by atoms with Crippen LogP contribution >= 0.6 is 0 Å². The molecule has 0 fully saturated rings. The lowest BCUT2D eigenvalue weighted by atomic mass is 9.86. The molecule has 2 amide bonds. The van der Waals surface area contributed by atoms with Gasteiger partial charge in [-0.05, 0) is 55.9 Å². The number of urea groups is 1. The molecule has 2 aromatic carbocycles. The van der Waals surface area contributed by atoms with Crippen molar-refractivity contribution in [2.24, 2.45) is 11.0 Å². The fourth-order valence-corrected chi connectivity index (χ4v) is 4.01. The van der Waals surface area contributed by atoms with Crippen LogP contribution in [0.15, 0.2) is 47.6 Å². The normalized spacial score (nSPS) is 19.6. The molecule has 2 aromatic rings. The molecule has 2 N–H and O–H groups in total. The third-order valence-corrected chi connectivity index (χ3v) is 5.50. The summed E-state index contributed by atoms with van der Waals surface area (Å²) in [6, 6.07) is 10.4. The summed E-state index contributed by atoms with van der Waals surface area (Å²) < 4.78 is 19.8. The fraction of sp³-hybridized carbons (Fsp3) is 0.364. The molecular formula is C22H25FN4O3. The molecule has 2 heterocycles. The van der Waals surface area contributed by atoms with Gasteiger partial charge >= 0.3 is 6.03 Å². The zero-order chi connectivity index (χ0) is 21.3. The Labute approximate surface area is 174 Å². The van der Waals surface area contributed by atoms with Crippen LogP contribution in [0.25, 0.3) is 0 Å². The first-order valence-electron chi connectivity index (χ1n) is 9.98. The summed E-state index contributed by atoms with van der Waals surface area (Å²) in [5.74, 6) is 0.0101. The van der Waals surface area contributed by atoms with Crippen molar-refractivity contribution in [3.63, 3.8) is 0 Å². The average molecular weight is 412 g/mol. The summed E-state index contributed by atoms with van der Waals surface area (Å²) in [4.78, 5) is 14.9. The van der Waals surface area contributed by atoms with Gasteiger partial charge in [-0.1, -0.05) is 12.1 Å². The standard InChI is InChI=1S/C22H25FN4O3/c1-24-9-4-10-26(2)22(29)27-21(14-5-3-6-16(28)11-14)18-13-30-19-8-7-15(23)12-17(19)20(18)25-27/h3,5-8,11-12,18,21,24,28H,4,9-10,13H2,1-2H3. The number of aromatic hydroxyl groups is 1. The Morgan fingerprint density at radius 3 is 2.97 bits per heavy atom. The van der Waals surface area contributed by atoms with E-state index in [1.807, 2.05) is 13.1 Å². The van der Waals surface area contributed by atoms with Gasteiger partial charge in [0.2, 0.25) is 0 Å². The molecule has 4 rings (SSSR count). The number of benzene rings is 2. The molecule has 2 aliphatic rings. The van der Waals surface area contributed by atoms with Gasteiger partial charge in [-0.2, -0.15) is 5.10 Å². The largest absolute Gasteiger partial charge is 0.508 e. The molecule has 0 bridgehead atoms. The van der Waals surface area contributed by atoms with E-state index in [4.69, 9.17) is 4.74 Å². The first-order valence-corrected chi connectivity index (χ1v) is 9.98. The van der Waals surface area contributed by atoms with Crippen LogP contribution in [0.5, 0.6) is 11.5 Å². The first-order chi connectivity index (χ1) is 14.5. The first kappa shape index (κ1) is 20.2. The molecule has 0 spiro atoms. The quantitative estimate of drug-likeness (QED) is 0.741. The van der Waals surface area contributed by atoms with Gasteiger partial charge in [0.1, 0.15) is 17.3 Å². The Morgan fingerprint density at radius 1 is 1.37 bits per heavy atom. The summed E-state index contributed by atoms with van der Waals surface area (Å²) in [7, 11) is 3.61. The Bertz CT molecular complexity index is 981. The van der Waals surface area contributed by atoms with Gasteiger partial charge in [-0.15, -0.1) is 0 Å². The van der Waals surface area contributed by atoms with E-state index in [0.29, 0.717) is 30.2 Å². The van der Waals surface area contributed by atoms with Crippen LogP contribution < -0.4 is 10.1 Å². The van der Waals surface area contributed by atoms with E-state index in [-0.39, 0.29) is 23.5 Å². The van der Waals surface area contributed by atoms with Crippen molar-refractivity contribution in [2.45, 2.75) is 12.5 Å². The van der Waals surface area contributed by atoms with E-state index in [0.717, 1.165) is 18.5 Å². The van der Waals surface area contributed by atoms with E-state index < -0.39 is 6.04 Å². The summed E-state index contributed by atoms with van der Waals surface area (Å²) >= 11 is 0. The maximum Gasteiger partial charge on any atom is 0.340 e. The molecule has 8 heteroatoms. The number of hydrazone groups is 1. The molecule has 0 saturated heterocycles. The SMILES string of the molecule is CNCCCN(C)C(=O)N1N=C2c3cc(F)ccc3OCC2C1c1cccc(O)c1. The molecule has 158 valence electrons. The number of carbonyl (C=O) groups is 1. The Hall–Kier alpha value is -3.13. The number of rotatable bonds is 5. The van der Waals surface area contributed by atoms with Gasteiger partial charge in [0.25, 0.3) is 0 Å². The number of fused-ring (bicyclic) bond motifs is 3. The topological polar surface area (TPSA) is 77.4 Å². The molecule has 0 aromatic heterocycles. The summed E-state index contributed by atoms with van der Waals surface area (Å²) in [5.41, 5.74) is 1.93. The predicted octanol–water partition coefficient (Wildman–Crippen LogP) is 2.96. The van der Waals surface area contributed by atoms with Crippen LogP contribution in [0.4, 0.5) is 9.18 Å². The number of nitrogens with zero attached hydrogens (tertiary/aromatic N) is 3. The lowest BCUT2D eigenvalue weighted by molar-refractivity contribution is 0.133. The minimum atomic E-state index is -0.456. The van der Waals surface area contributed by atoms with Crippen molar-refractivity contribution < 1.29 is 19.0 Å². The molecular weight excluding hydrogens is 387 g/mol. The molecule has 0 radical (unpaired) electrons. The number of hydrogen-bond acceptors (Lipinski definition) is 5. The highest BCUT2D eigenvalue weighted by Gasteiger charge is 2.46. The number of ether oxygens (including phenoxy) is 1. The molecule has 2 atom stereocenters. The van der Waals surface area contributed by atoms with Crippen LogP contribution in [0.3, 0.4) is 0 Å². The van der Waals surface area contributed by atoms with Crippen molar-refractivity contribution in [1.82, 2.24) is 15.2 Å². The van der Waals surface area contributed by atoms with E-state index >= 15 is 0 Å². The van der Waals surface area contributed by atoms with Crippen LogP contribution in [-0.2, 0) is 0 Å². The van der Waals surface area contributed by atoms with E-state index in [9.17, 15) is 14.3 Å². The maximum atomic E-state index is 13.9. The smallest absolute Gasteiger partial charge is 0.340 e. The highest BCUT2D eigenvalue weighted by molar-refractivity contribution is 6.07. The lowest BCUT2D eigenvalue weighted by Crippen LogP contribution is -2.41. The summed E-state index contributed by atoms with van der Waals surface area (Å²) in [6.45, 7) is 1.68. The van der Waals surface area contributed by atoms with Crippen LogP contribution in [-0.4, -0.2) is 60.5 Å². The van der Waals surface area contributed by atoms with Gasteiger partial charge in [-0.25, -0.2) is 14.2 Å². The Kier molecular flexibility index (Phi) is 5.59. The molecule has 2 unspecified atom stereocenters. The lowest BCUT2D eigenvalue weighted by Gasteiger charge is -2.31. The zero-order valence-electron chi connectivity index (χ0n) is 17.0. The third kappa shape index (κ3) is 3.70. The highest BCUT2D eigenvalue weighted by Crippen LogP contribution is 2.43. The monoisotopic (exact) mass is 412 g/mol. The highest BCUT2D eigenvalue weighted by atomic mass is 19.1. The maximum absolute atomic E-state index is 13.9. The van der Waals surface area contributed by atoms with Gasteiger partial charge in [-0.3, -0.25) is 0 Å². The zero-order valence-corrected chi connectivity index (χ0v) is 17.0. The third-order valence-electron chi connectivity index (χ3n) is 5.50. The van der Waals surface area contributed by atoms with Crippen molar-refractivity contribution in [3.8, 4) is 11.5 Å². The molecule has 7 nitrogen and oxygen atoms in total. The Morgan fingerprint density at radius 2 is 2.20 bits per heavy atom. The number of nitrogens with one attached hydrogen (secondary N) is 1. The van der Waals surface area contributed by atoms with Gasteiger partial charge in [0.15, 0.2) is 0 Å². The second-order valence-corrected chi connectivity index (χ2v) is 7.59. The van der Waals surface area contributed by atoms with Crippen LogP contribution in [0.1, 0.15) is 23.6 Å². The van der Waals surface area contributed by atoms with Crippen molar-refractivity contribution in [2.75, 3.05) is 33.8 Å². The summed E-state index contributed by atoms with van der Waals surface area (Å²) in [6.07, 6.45) is 0.806. The summed E-state index contributed by atoms with van der Waals surface area (Å²) in [5, 5.41) is 19.2. The number of amides is 2. The minimum Gasteiger partial charge on any atom is -0.508 e. The average Bonchev–Trinajstić information content (AvgIpc) is 3.13. The van der Waals surface area contributed by atoms with Crippen molar-refractivity contribution in [1.29, 1.82) is 0 Å². The Balaban J connectivity index is 1.72. The van der Waals surface area contributed by atoms with Crippen LogP contribution in [0, 0.1) is 11.7 Å². The van der Waals surface area contributed by atoms with E-state index in [1.165, 1.54) is 17.1 Å². The fourth-order valence-electron chi connectivity index (χ4n) is 4.01. The second-order valence-electron chi connectivity index (χ2n) is 7.59. The number of halogens is 1. The van der Waals surface area contributed by atoms with Crippen LogP contribution in [0.2, 0.25) is 0 Å². The number of phenols is 1. The molecule has 2 aliphatic heterocycles. The van der Waals surface area contributed by atoms with Gasteiger partial charge in [0.05, 0.1) is 24.3 Å². The predicted molar refractivity (Wildman–Crippen MR) is 111 cm³/mol. The minimum absolute atomic E-state index is 0.110. The van der Waals surface area contributed by atoms with E-state index in [1.54, 1.807) is 36.2 Å². The van der Waals surface area contributed by atoms with Gasteiger partial charge < -0.3 is 20.1 Å². The molecule has 0 aliphatic carbocycles. The van der Waals surface area contributed by atoms with Crippen molar-refractivity contribution >= 4 is 11.7 Å². The second kappa shape index (κ2) is 8.31.